The Morgan fingerprint density at radius 1 is 1.17 bits per heavy atom. The number of carbonyl (C=O) groups is 1. The molecule has 6 heteroatoms. The summed E-state index contributed by atoms with van der Waals surface area (Å²) in [5.74, 6) is 0.161. The van der Waals surface area contributed by atoms with Crippen LogP contribution in [0.5, 0.6) is 0 Å². The largest absolute Gasteiger partial charge is 0.349 e. The lowest BCUT2D eigenvalue weighted by molar-refractivity contribution is 0.0934. The van der Waals surface area contributed by atoms with Crippen molar-refractivity contribution < 1.29 is 13.2 Å². The minimum Gasteiger partial charge on any atom is -0.349 e. The highest BCUT2D eigenvalue weighted by molar-refractivity contribution is 7.91. The average molecular weight is 285 g/mol. The van der Waals surface area contributed by atoms with Crippen LogP contribution in [0.2, 0.25) is 0 Å². The number of hydrogen-bond donors (Lipinski definition) is 2. The molecule has 18 heavy (non-hydrogen) atoms. The van der Waals surface area contributed by atoms with E-state index in [1.165, 1.54) is 0 Å². The van der Waals surface area contributed by atoms with Gasteiger partial charge < -0.3 is 5.32 Å². The van der Waals surface area contributed by atoms with Crippen LogP contribution in [0.1, 0.15) is 23.2 Å². The zero-order valence-corrected chi connectivity index (χ0v) is 11.5. The Morgan fingerprint density at radius 2 is 1.72 bits per heavy atom. The van der Waals surface area contributed by atoms with E-state index in [2.05, 4.69) is 17.9 Å². The second-order valence-corrected chi connectivity index (χ2v) is 7.27. The van der Waals surface area contributed by atoms with E-state index < -0.39 is 9.84 Å². The van der Waals surface area contributed by atoms with Gasteiger partial charge in [-0.1, -0.05) is 0 Å². The van der Waals surface area contributed by atoms with Crippen molar-refractivity contribution >= 4 is 28.4 Å². The normalized spacial score (nSPS) is 19.4. The number of hydrogen-bond acceptors (Lipinski definition) is 4. The molecule has 1 N–H and O–H groups in total. The van der Waals surface area contributed by atoms with Crippen LogP contribution in [0.25, 0.3) is 0 Å². The summed E-state index contributed by atoms with van der Waals surface area (Å²) in [6, 6.07) is 6.87. The Kier molecular flexibility index (Phi) is 3.97. The first kappa shape index (κ1) is 13.4. The number of sulfone groups is 1. The molecule has 1 fully saturated rings. The molecular formula is C12H15NO3S2. The van der Waals surface area contributed by atoms with Gasteiger partial charge in [0.05, 0.1) is 11.5 Å². The highest BCUT2D eigenvalue weighted by Crippen LogP contribution is 2.13. The van der Waals surface area contributed by atoms with Crippen LogP contribution in [0.4, 0.5) is 0 Å². The summed E-state index contributed by atoms with van der Waals surface area (Å²) in [5.41, 5.74) is 0.571. The number of thiol groups is 1. The summed E-state index contributed by atoms with van der Waals surface area (Å²) < 4.78 is 22.5. The van der Waals surface area contributed by atoms with Crippen molar-refractivity contribution in [3.05, 3.63) is 29.8 Å². The number of rotatable bonds is 2. The zero-order valence-electron chi connectivity index (χ0n) is 9.80. The molecule has 1 aliphatic rings. The van der Waals surface area contributed by atoms with Gasteiger partial charge in [0.25, 0.3) is 5.91 Å². The highest BCUT2D eigenvalue weighted by Gasteiger charge is 2.24. The lowest BCUT2D eigenvalue weighted by atomic mass is 10.1. The third-order valence-corrected chi connectivity index (χ3v) is 5.03. The summed E-state index contributed by atoms with van der Waals surface area (Å²) in [4.78, 5) is 12.7. The monoisotopic (exact) mass is 285 g/mol. The van der Waals surface area contributed by atoms with Gasteiger partial charge in [0.2, 0.25) is 0 Å². The van der Waals surface area contributed by atoms with Gasteiger partial charge in [-0.15, -0.1) is 12.6 Å². The smallest absolute Gasteiger partial charge is 0.251 e. The quantitative estimate of drug-likeness (QED) is 0.805. The van der Waals surface area contributed by atoms with Crippen LogP contribution in [0.15, 0.2) is 29.2 Å². The van der Waals surface area contributed by atoms with E-state index in [0.717, 1.165) is 4.90 Å². The molecule has 0 atom stereocenters. The summed E-state index contributed by atoms with van der Waals surface area (Å²) in [6.45, 7) is 0. The van der Waals surface area contributed by atoms with Crippen molar-refractivity contribution in [1.29, 1.82) is 0 Å². The zero-order chi connectivity index (χ0) is 13.2. The average Bonchev–Trinajstić information content (AvgIpc) is 2.33. The first-order chi connectivity index (χ1) is 8.46. The molecule has 1 heterocycles. The molecule has 1 amide bonds. The Bertz CT molecular complexity index is 523. The molecule has 0 aromatic heterocycles. The molecule has 1 aromatic carbocycles. The molecule has 0 unspecified atom stereocenters. The Balaban J connectivity index is 1.94. The molecule has 0 bridgehead atoms. The maximum absolute atomic E-state index is 11.9. The first-order valence-electron chi connectivity index (χ1n) is 5.76. The summed E-state index contributed by atoms with van der Waals surface area (Å²) in [7, 11) is -2.88. The fourth-order valence-electron chi connectivity index (χ4n) is 1.92. The van der Waals surface area contributed by atoms with Gasteiger partial charge in [-0.3, -0.25) is 4.79 Å². The van der Waals surface area contributed by atoms with Gasteiger partial charge in [0.1, 0.15) is 9.84 Å². The second-order valence-electron chi connectivity index (χ2n) is 4.45. The van der Waals surface area contributed by atoms with Crippen molar-refractivity contribution in [2.24, 2.45) is 0 Å². The van der Waals surface area contributed by atoms with Crippen LogP contribution < -0.4 is 5.32 Å². The van der Waals surface area contributed by atoms with Crippen LogP contribution in [-0.4, -0.2) is 31.9 Å². The lowest BCUT2D eigenvalue weighted by Gasteiger charge is -2.23. The molecule has 1 aliphatic heterocycles. The van der Waals surface area contributed by atoms with Crippen molar-refractivity contribution in [3.8, 4) is 0 Å². The molecule has 0 radical (unpaired) electrons. The fraction of sp³-hybridized carbons (Fsp3) is 0.417. The van der Waals surface area contributed by atoms with Gasteiger partial charge >= 0.3 is 0 Å². The van der Waals surface area contributed by atoms with Crippen molar-refractivity contribution in [2.75, 3.05) is 11.5 Å². The van der Waals surface area contributed by atoms with E-state index in [-0.39, 0.29) is 23.5 Å². The van der Waals surface area contributed by atoms with Gasteiger partial charge in [0.15, 0.2) is 0 Å². The van der Waals surface area contributed by atoms with E-state index in [4.69, 9.17) is 0 Å². The molecule has 1 saturated heterocycles. The predicted molar refractivity (Wildman–Crippen MR) is 72.8 cm³/mol. The van der Waals surface area contributed by atoms with E-state index in [0.29, 0.717) is 18.4 Å². The molecule has 1 aromatic rings. The minimum atomic E-state index is -2.88. The Labute approximate surface area is 112 Å². The number of carbonyl (C=O) groups excluding carboxylic acids is 1. The molecule has 2 rings (SSSR count). The van der Waals surface area contributed by atoms with E-state index >= 15 is 0 Å². The lowest BCUT2D eigenvalue weighted by Crippen LogP contribution is -2.40. The fourth-order valence-corrected chi connectivity index (χ4v) is 3.56. The molecular weight excluding hydrogens is 270 g/mol. The first-order valence-corrected chi connectivity index (χ1v) is 8.03. The van der Waals surface area contributed by atoms with E-state index in [1.54, 1.807) is 24.3 Å². The number of nitrogens with one attached hydrogen (secondary N) is 1. The van der Waals surface area contributed by atoms with Crippen LogP contribution >= 0.6 is 12.6 Å². The van der Waals surface area contributed by atoms with Gasteiger partial charge in [0, 0.05) is 16.5 Å². The number of amides is 1. The van der Waals surface area contributed by atoms with Crippen LogP contribution in [-0.2, 0) is 9.84 Å². The predicted octanol–water partition coefficient (Wildman–Crippen LogP) is 1.28. The van der Waals surface area contributed by atoms with Crippen LogP contribution in [0.3, 0.4) is 0 Å². The highest BCUT2D eigenvalue weighted by atomic mass is 32.2. The molecule has 98 valence electrons. The standard InChI is InChI=1S/C12H15NO3S2/c14-12(9-1-3-11(17)4-2-9)13-10-5-7-18(15,16)8-6-10/h1-4,10,17H,5-8H2,(H,13,14). The maximum Gasteiger partial charge on any atom is 0.251 e. The topological polar surface area (TPSA) is 63.2 Å². The van der Waals surface area contributed by atoms with Crippen molar-refractivity contribution in [3.63, 3.8) is 0 Å². The maximum atomic E-state index is 11.9. The summed E-state index contributed by atoms with van der Waals surface area (Å²) >= 11 is 4.15. The molecule has 0 spiro atoms. The third kappa shape index (κ3) is 3.49. The van der Waals surface area contributed by atoms with Crippen molar-refractivity contribution in [2.45, 2.75) is 23.8 Å². The summed E-state index contributed by atoms with van der Waals surface area (Å²) in [6.07, 6.45) is 0.997. The Hall–Kier alpha value is -1.01. The van der Waals surface area contributed by atoms with E-state index in [9.17, 15) is 13.2 Å². The second kappa shape index (κ2) is 5.32. The molecule has 0 aliphatic carbocycles. The molecule has 0 saturated carbocycles. The molecule has 4 nitrogen and oxygen atoms in total. The van der Waals surface area contributed by atoms with E-state index in [1.807, 2.05) is 0 Å². The van der Waals surface area contributed by atoms with Crippen LogP contribution in [0, 0.1) is 0 Å². The minimum absolute atomic E-state index is 0.0447. The van der Waals surface area contributed by atoms with Crippen molar-refractivity contribution in [1.82, 2.24) is 5.32 Å². The third-order valence-electron chi connectivity index (χ3n) is 3.02. The SMILES string of the molecule is O=C(NC1CCS(=O)(=O)CC1)c1ccc(S)cc1. The Morgan fingerprint density at radius 3 is 2.28 bits per heavy atom. The van der Waals surface area contributed by atoms with Gasteiger partial charge in [-0.05, 0) is 37.1 Å². The van der Waals surface area contributed by atoms with Gasteiger partial charge in [-0.2, -0.15) is 0 Å². The van der Waals surface area contributed by atoms with Gasteiger partial charge in [-0.25, -0.2) is 8.42 Å². The summed E-state index contributed by atoms with van der Waals surface area (Å²) in [5, 5.41) is 2.86. The number of benzene rings is 1.